The topological polar surface area (TPSA) is 57.2 Å². The van der Waals surface area contributed by atoms with Crippen molar-refractivity contribution >= 4 is 21.8 Å². The molecule has 2 aromatic carbocycles. The van der Waals surface area contributed by atoms with Gasteiger partial charge in [-0.25, -0.2) is 0 Å². The molecule has 0 saturated carbocycles. The Morgan fingerprint density at radius 3 is 2.43 bits per heavy atom. The smallest absolute Gasteiger partial charge is 0.254 e. The van der Waals surface area contributed by atoms with E-state index in [0.29, 0.717) is 41.3 Å². The number of benzene rings is 2. The normalized spacial score (nSPS) is 18.1. The van der Waals surface area contributed by atoms with Crippen LogP contribution in [0.3, 0.4) is 0 Å². The third-order valence-corrected chi connectivity index (χ3v) is 5.94. The maximum absolute atomic E-state index is 13.3. The van der Waals surface area contributed by atoms with Crippen LogP contribution in [0, 0.1) is 0 Å². The molecule has 1 unspecified atom stereocenters. The van der Waals surface area contributed by atoms with E-state index in [2.05, 4.69) is 15.9 Å². The Morgan fingerprint density at radius 2 is 1.75 bits per heavy atom. The van der Waals surface area contributed by atoms with Gasteiger partial charge in [-0.3, -0.25) is 4.79 Å². The molecule has 1 saturated heterocycles. The molecule has 1 amide bonds. The molecule has 148 valence electrons. The van der Waals surface area contributed by atoms with E-state index < -0.39 is 0 Å². The van der Waals surface area contributed by atoms with Gasteiger partial charge in [-0.1, -0.05) is 6.07 Å². The predicted octanol–water partition coefficient (Wildman–Crippen LogP) is 4.21. The molecule has 2 aliphatic heterocycles. The Bertz CT molecular complexity index is 875. The molecule has 0 radical (unpaired) electrons. The summed E-state index contributed by atoms with van der Waals surface area (Å²) in [6, 6.07) is 9.43. The Kier molecular flexibility index (Phi) is 5.35. The van der Waals surface area contributed by atoms with E-state index in [-0.39, 0.29) is 11.9 Å². The van der Waals surface area contributed by atoms with E-state index in [4.69, 9.17) is 18.9 Å². The fourth-order valence-electron chi connectivity index (χ4n) is 3.78. The number of amides is 1. The summed E-state index contributed by atoms with van der Waals surface area (Å²) >= 11 is 3.45. The number of ether oxygens (including phenoxy) is 4. The van der Waals surface area contributed by atoms with E-state index in [1.165, 1.54) is 0 Å². The minimum atomic E-state index is -0.0403. The van der Waals surface area contributed by atoms with E-state index >= 15 is 0 Å². The van der Waals surface area contributed by atoms with Crippen LogP contribution in [0.2, 0.25) is 0 Å². The van der Waals surface area contributed by atoms with Crippen LogP contribution < -0.4 is 18.9 Å². The van der Waals surface area contributed by atoms with Crippen LogP contribution in [-0.2, 0) is 0 Å². The summed E-state index contributed by atoms with van der Waals surface area (Å²) in [6.45, 7) is 1.81. The van der Waals surface area contributed by atoms with Gasteiger partial charge in [-0.05, 0) is 58.6 Å². The zero-order chi connectivity index (χ0) is 19.7. The number of methoxy groups -OCH3 is 2. The second kappa shape index (κ2) is 7.91. The molecule has 4 rings (SSSR count). The molecule has 0 aromatic heterocycles. The third kappa shape index (κ3) is 3.39. The van der Waals surface area contributed by atoms with Crippen LogP contribution in [0.25, 0.3) is 0 Å². The standard InChI is InChI=1S/C21H22BrNO5/c1-25-18-11-14(12-19(26-2)20(18)22)21(24)23-7-3-4-15(23)13-5-6-16-17(10-13)28-9-8-27-16/h5-6,10-12,15H,3-4,7-9H2,1-2H3. The average Bonchev–Trinajstić information content (AvgIpc) is 3.23. The van der Waals surface area contributed by atoms with Gasteiger partial charge in [0, 0.05) is 12.1 Å². The van der Waals surface area contributed by atoms with Gasteiger partial charge in [-0.15, -0.1) is 0 Å². The van der Waals surface area contributed by atoms with Crippen molar-refractivity contribution in [1.82, 2.24) is 4.90 Å². The van der Waals surface area contributed by atoms with Gasteiger partial charge in [-0.2, -0.15) is 0 Å². The van der Waals surface area contributed by atoms with Crippen molar-refractivity contribution in [2.75, 3.05) is 34.0 Å². The lowest BCUT2D eigenvalue weighted by molar-refractivity contribution is 0.0734. The number of carbonyl (C=O) groups excluding carboxylic acids is 1. The molecule has 2 aliphatic rings. The van der Waals surface area contributed by atoms with Crippen LogP contribution in [0.15, 0.2) is 34.8 Å². The summed E-state index contributed by atoms with van der Waals surface area (Å²) in [4.78, 5) is 15.2. The van der Waals surface area contributed by atoms with Crippen molar-refractivity contribution in [2.45, 2.75) is 18.9 Å². The van der Waals surface area contributed by atoms with Gasteiger partial charge in [0.25, 0.3) is 5.91 Å². The molecular formula is C21H22BrNO5. The maximum atomic E-state index is 13.3. The van der Waals surface area contributed by atoms with Gasteiger partial charge >= 0.3 is 0 Å². The largest absolute Gasteiger partial charge is 0.495 e. The molecule has 1 atom stereocenters. The van der Waals surface area contributed by atoms with E-state index in [1.807, 2.05) is 23.1 Å². The number of hydrogen-bond donors (Lipinski definition) is 0. The molecule has 0 aliphatic carbocycles. The van der Waals surface area contributed by atoms with Crippen molar-refractivity contribution in [3.05, 3.63) is 45.9 Å². The zero-order valence-electron chi connectivity index (χ0n) is 15.9. The van der Waals surface area contributed by atoms with Gasteiger partial charge in [0.1, 0.15) is 29.2 Å². The zero-order valence-corrected chi connectivity index (χ0v) is 17.5. The fraction of sp³-hybridized carbons (Fsp3) is 0.381. The SMILES string of the molecule is COc1cc(C(=O)N2CCCC2c2ccc3c(c2)OCCO3)cc(OC)c1Br. The van der Waals surface area contributed by atoms with E-state index in [1.54, 1.807) is 26.4 Å². The lowest BCUT2D eigenvalue weighted by Crippen LogP contribution is -2.30. The van der Waals surface area contributed by atoms with Crippen LogP contribution in [0.5, 0.6) is 23.0 Å². The second-order valence-electron chi connectivity index (χ2n) is 6.75. The minimum absolute atomic E-state index is 0.00367. The fourth-order valence-corrected chi connectivity index (χ4v) is 4.33. The van der Waals surface area contributed by atoms with E-state index in [9.17, 15) is 4.79 Å². The molecular weight excluding hydrogens is 426 g/mol. The lowest BCUT2D eigenvalue weighted by atomic mass is 10.0. The summed E-state index contributed by atoms with van der Waals surface area (Å²) in [6.07, 6.45) is 1.87. The van der Waals surface area contributed by atoms with Gasteiger partial charge in [0.15, 0.2) is 11.5 Å². The summed E-state index contributed by atoms with van der Waals surface area (Å²) < 4.78 is 22.8. The first kappa shape index (κ1) is 18.9. The molecule has 0 N–H and O–H groups in total. The van der Waals surface area contributed by atoms with Crippen molar-refractivity contribution in [2.24, 2.45) is 0 Å². The summed E-state index contributed by atoms with van der Waals surface area (Å²) in [5, 5.41) is 0. The van der Waals surface area contributed by atoms with E-state index in [0.717, 1.165) is 29.9 Å². The number of hydrogen-bond acceptors (Lipinski definition) is 5. The number of nitrogens with zero attached hydrogens (tertiary/aromatic N) is 1. The number of carbonyl (C=O) groups is 1. The summed E-state index contributed by atoms with van der Waals surface area (Å²) in [7, 11) is 3.14. The van der Waals surface area contributed by atoms with Crippen LogP contribution in [0.4, 0.5) is 0 Å². The third-order valence-electron chi connectivity index (χ3n) is 5.16. The Morgan fingerprint density at radius 1 is 1.07 bits per heavy atom. The van der Waals surface area contributed by atoms with Crippen molar-refractivity contribution in [1.29, 1.82) is 0 Å². The lowest BCUT2D eigenvalue weighted by Gasteiger charge is -2.27. The minimum Gasteiger partial charge on any atom is -0.495 e. The molecule has 1 fully saturated rings. The highest BCUT2D eigenvalue weighted by Crippen LogP contribution is 2.40. The van der Waals surface area contributed by atoms with Crippen molar-refractivity contribution in [3.63, 3.8) is 0 Å². The maximum Gasteiger partial charge on any atom is 0.254 e. The molecule has 0 spiro atoms. The Balaban J connectivity index is 1.64. The molecule has 7 heteroatoms. The van der Waals surface area contributed by atoms with Crippen molar-refractivity contribution < 1.29 is 23.7 Å². The first-order valence-electron chi connectivity index (χ1n) is 9.24. The number of likely N-dealkylation sites (tertiary alicyclic amines) is 1. The molecule has 6 nitrogen and oxygen atoms in total. The van der Waals surface area contributed by atoms with Gasteiger partial charge in [0.05, 0.1) is 20.3 Å². The first-order valence-corrected chi connectivity index (χ1v) is 10.0. The number of rotatable bonds is 4. The monoisotopic (exact) mass is 447 g/mol. The highest BCUT2D eigenvalue weighted by molar-refractivity contribution is 9.10. The van der Waals surface area contributed by atoms with Crippen LogP contribution >= 0.6 is 15.9 Å². The first-order chi connectivity index (χ1) is 13.6. The summed E-state index contributed by atoms with van der Waals surface area (Å²) in [5.41, 5.74) is 1.60. The van der Waals surface area contributed by atoms with Crippen molar-refractivity contribution in [3.8, 4) is 23.0 Å². The quantitative estimate of drug-likeness (QED) is 0.702. The molecule has 0 bridgehead atoms. The molecule has 28 heavy (non-hydrogen) atoms. The highest BCUT2D eigenvalue weighted by atomic mass is 79.9. The average molecular weight is 448 g/mol. The Labute approximate surface area is 172 Å². The molecule has 2 heterocycles. The second-order valence-corrected chi connectivity index (χ2v) is 7.55. The predicted molar refractivity (Wildman–Crippen MR) is 108 cm³/mol. The van der Waals surface area contributed by atoms with Crippen LogP contribution in [-0.4, -0.2) is 44.8 Å². The van der Waals surface area contributed by atoms with Crippen LogP contribution in [0.1, 0.15) is 34.8 Å². The molecule has 2 aromatic rings. The Hall–Kier alpha value is -2.41. The highest BCUT2D eigenvalue weighted by Gasteiger charge is 2.32. The van der Waals surface area contributed by atoms with Gasteiger partial charge < -0.3 is 23.8 Å². The van der Waals surface area contributed by atoms with Gasteiger partial charge in [0.2, 0.25) is 0 Å². The number of halogens is 1. The number of fused-ring (bicyclic) bond motifs is 1. The summed E-state index contributed by atoms with van der Waals surface area (Å²) in [5.74, 6) is 2.60.